The Morgan fingerprint density at radius 2 is 1.60 bits per heavy atom. The Labute approximate surface area is 91.0 Å². The number of rotatable bonds is 3. The van der Waals surface area contributed by atoms with Crippen LogP contribution in [0.2, 0.25) is 0 Å². The third-order valence-corrected chi connectivity index (χ3v) is 2.47. The van der Waals surface area contributed by atoms with Crippen molar-refractivity contribution in [1.82, 2.24) is 0 Å². The van der Waals surface area contributed by atoms with Gasteiger partial charge in [-0.3, -0.25) is 4.79 Å². The van der Waals surface area contributed by atoms with Crippen LogP contribution in [0.3, 0.4) is 0 Å². The smallest absolute Gasteiger partial charge is 0.157 e. The number of benzene rings is 1. The van der Waals surface area contributed by atoms with Gasteiger partial charge in [0.2, 0.25) is 0 Å². The number of ketones is 1. The fraction of sp³-hybridized carbons (Fsp3) is 0.308. The summed E-state index contributed by atoms with van der Waals surface area (Å²) in [6.45, 7) is 7.37. The van der Waals surface area contributed by atoms with Gasteiger partial charge in [0.05, 0.1) is 0 Å². The summed E-state index contributed by atoms with van der Waals surface area (Å²) in [5, 5.41) is 3.21. The van der Waals surface area contributed by atoms with Crippen LogP contribution in [0.5, 0.6) is 0 Å². The molecule has 1 N–H and O–H groups in total. The molecule has 2 heteroatoms. The Hall–Kier alpha value is -1.57. The van der Waals surface area contributed by atoms with E-state index < -0.39 is 0 Å². The van der Waals surface area contributed by atoms with Gasteiger partial charge in [0.1, 0.15) is 0 Å². The van der Waals surface area contributed by atoms with Gasteiger partial charge in [0.15, 0.2) is 5.78 Å². The molecule has 0 bridgehead atoms. The van der Waals surface area contributed by atoms with Crippen molar-refractivity contribution < 1.29 is 4.79 Å². The highest BCUT2D eigenvalue weighted by Gasteiger charge is 2.01. The van der Waals surface area contributed by atoms with Crippen molar-refractivity contribution in [2.24, 2.45) is 0 Å². The molecule has 1 aromatic carbocycles. The van der Waals surface area contributed by atoms with Crippen LogP contribution in [0, 0.1) is 6.92 Å². The van der Waals surface area contributed by atoms with Gasteiger partial charge >= 0.3 is 0 Å². The standard InChI is InChI=1S/C13H17NO/c1-9-5-7-13(8-6-9)14-11(3)10(2)12(4)15/h5-8,14H,1-4H3/b11-10-. The molecule has 80 valence electrons. The lowest BCUT2D eigenvalue weighted by Gasteiger charge is -2.09. The van der Waals surface area contributed by atoms with Crippen molar-refractivity contribution in [1.29, 1.82) is 0 Å². The van der Waals surface area contributed by atoms with Crippen LogP contribution in [0.15, 0.2) is 35.5 Å². The fourth-order valence-electron chi connectivity index (χ4n) is 1.21. The third-order valence-electron chi connectivity index (χ3n) is 2.47. The maximum absolute atomic E-state index is 11.1. The molecule has 1 rings (SSSR count). The molecule has 0 unspecified atom stereocenters. The first kappa shape index (κ1) is 11.5. The second-order valence-electron chi connectivity index (χ2n) is 3.80. The molecular formula is C13H17NO. The van der Waals surface area contributed by atoms with E-state index in [1.807, 2.05) is 45.0 Å². The average molecular weight is 203 g/mol. The predicted molar refractivity (Wildman–Crippen MR) is 63.9 cm³/mol. The monoisotopic (exact) mass is 203 g/mol. The summed E-state index contributed by atoms with van der Waals surface area (Å²) < 4.78 is 0. The molecule has 0 amide bonds. The van der Waals surface area contributed by atoms with E-state index in [0.29, 0.717) is 0 Å². The number of aryl methyl sites for hydroxylation is 1. The molecular weight excluding hydrogens is 186 g/mol. The lowest BCUT2D eigenvalue weighted by molar-refractivity contribution is -0.113. The highest BCUT2D eigenvalue weighted by molar-refractivity contribution is 5.93. The van der Waals surface area contributed by atoms with Gasteiger partial charge in [-0.1, -0.05) is 17.7 Å². The zero-order chi connectivity index (χ0) is 11.4. The van der Waals surface area contributed by atoms with Gasteiger partial charge in [0, 0.05) is 17.0 Å². The Bertz CT molecular complexity index is 388. The molecule has 0 radical (unpaired) electrons. The van der Waals surface area contributed by atoms with Crippen molar-refractivity contribution in [2.75, 3.05) is 5.32 Å². The average Bonchev–Trinajstić information content (AvgIpc) is 2.20. The van der Waals surface area contributed by atoms with Gasteiger partial charge in [-0.15, -0.1) is 0 Å². The number of Topliss-reactive ketones (excluding diaryl/α,β-unsaturated/α-hetero) is 1. The van der Waals surface area contributed by atoms with Crippen LogP contribution in [0.1, 0.15) is 26.3 Å². The van der Waals surface area contributed by atoms with Crippen LogP contribution in [0.25, 0.3) is 0 Å². The molecule has 0 aromatic heterocycles. The minimum Gasteiger partial charge on any atom is -0.359 e. The lowest BCUT2D eigenvalue weighted by Crippen LogP contribution is -2.03. The van der Waals surface area contributed by atoms with Crippen molar-refractivity contribution in [3.8, 4) is 0 Å². The third kappa shape index (κ3) is 3.24. The van der Waals surface area contributed by atoms with E-state index in [9.17, 15) is 4.79 Å². The normalized spacial score (nSPS) is 12.0. The lowest BCUT2D eigenvalue weighted by atomic mass is 10.1. The molecule has 0 heterocycles. The molecule has 2 nitrogen and oxygen atoms in total. The van der Waals surface area contributed by atoms with E-state index in [1.54, 1.807) is 6.92 Å². The largest absolute Gasteiger partial charge is 0.359 e. The summed E-state index contributed by atoms with van der Waals surface area (Å²) in [7, 11) is 0. The van der Waals surface area contributed by atoms with Crippen LogP contribution in [-0.2, 0) is 4.79 Å². The zero-order valence-corrected chi connectivity index (χ0v) is 9.72. The molecule has 0 saturated heterocycles. The second-order valence-corrected chi connectivity index (χ2v) is 3.80. The second kappa shape index (κ2) is 4.78. The first-order chi connectivity index (χ1) is 7.00. The van der Waals surface area contributed by atoms with Gasteiger partial charge in [-0.2, -0.15) is 0 Å². The van der Waals surface area contributed by atoms with Crippen molar-refractivity contribution in [3.05, 3.63) is 41.1 Å². The highest BCUT2D eigenvalue weighted by Crippen LogP contribution is 2.13. The SMILES string of the molecule is CC(=O)/C(C)=C(/C)Nc1ccc(C)cc1. The van der Waals surface area contributed by atoms with Crippen LogP contribution in [0.4, 0.5) is 5.69 Å². The summed E-state index contributed by atoms with van der Waals surface area (Å²) in [5.41, 5.74) is 3.92. The minimum atomic E-state index is 0.104. The molecule has 0 aliphatic carbocycles. The molecule has 0 aliphatic heterocycles. The number of hydrogen-bond acceptors (Lipinski definition) is 2. The van der Waals surface area contributed by atoms with Crippen molar-refractivity contribution in [2.45, 2.75) is 27.7 Å². The Morgan fingerprint density at radius 3 is 2.07 bits per heavy atom. The quantitative estimate of drug-likeness (QED) is 0.764. The van der Waals surface area contributed by atoms with Gasteiger partial charge < -0.3 is 5.32 Å². The van der Waals surface area contributed by atoms with E-state index >= 15 is 0 Å². The molecule has 0 fully saturated rings. The summed E-state index contributed by atoms with van der Waals surface area (Å²) in [6, 6.07) is 8.09. The van der Waals surface area contributed by atoms with Gasteiger partial charge in [0.25, 0.3) is 0 Å². The maximum Gasteiger partial charge on any atom is 0.157 e. The zero-order valence-electron chi connectivity index (χ0n) is 9.72. The first-order valence-electron chi connectivity index (χ1n) is 5.03. The maximum atomic E-state index is 11.1. The Balaban J connectivity index is 2.83. The molecule has 1 aromatic rings. The van der Waals surface area contributed by atoms with Gasteiger partial charge in [-0.05, 0) is 39.8 Å². The van der Waals surface area contributed by atoms with E-state index in [2.05, 4.69) is 5.32 Å². The van der Waals surface area contributed by atoms with Crippen molar-refractivity contribution in [3.63, 3.8) is 0 Å². The number of carbonyl (C=O) groups is 1. The summed E-state index contributed by atoms with van der Waals surface area (Å²) in [5.74, 6) is 0.104. The van der Waals surface area contributed by atoms with Crippen LogP contribution < -0.4 is 5.32 Å². The molecule has 0 spiro atoms. The fourth-order valence-corrected chi connectivity index (χ4v) is 1.21. The number of nitrogens with one attached hydrogen (secondary N) is 1. The van der Waals surface area contributed by atoms with Gasteiger partial charge in [-0.25, -0.2) is 0 Å². The Kier molecular flexibility index (Phi) is 3.67. The molecule has 15 heavy (non-hydrogen) atoms. The van der Waals surface area contributed by atoms with Crippen molar-refractivity contribution >= 4 is 11.5 Å². The van der Waals surface area contributed by atoms with E-state index in [0.717, 1.165) is 17.0 Å². The summed E-state index contributed by atoms with van der Waals surface area (Å²) in [6.07, 6.45) is 0. The number of anilines is 1. The number of carbonyl (C=O) groups excluding carboxylic acids is 1. The predicted octanol–water partition coefficient (Wildman–Crippen LogP) is 3.29. The summed E-state index contributed by atoms with van der Waals surface area (Å²) in [4.78, 5) is 11.1. The summed E-state index contributed by atoms with van der Waals surface area (Å²) >= 11 is 0. The van der Waals surface area contributed by atoms with Crippen LogP contribution in [-0.4, -0.2) is 5.78 Å². The van der Waals surface area contributed by atoms with E-state index in [-0.39, 0.29) is 5.78 Å². The first-order valence-corrected chi connectivity index (χ1v) is 5.03. The van der Waals surface area contributed by atoms with E-state index in [4.69, 9.17) is 0 Å². The Morgan fingerprint density at radius 1 is 1.07 bits per heavy atom. The number of hydrogen-bond donors (Lipinski definition) is 1. The molecule has 0 atom stereocenters. The molecule has 0 saturated carbocycles. The highest BCUT2D eigenvalue weighted by atomic mass is 16.1. The van der Waals surface area contributed by atoms with E-state index in [1.165, 1.54) is 5.56 Å². The van der Waals surface area contributed by atoms with Crippen LogP contribution >= 0.6 is 0 Å². The number of allylic oxidation sites excluding steroid dienone is 2. The molecule has 0 aliphatic rings. The topological polar surface area (TPSA) is 29.1 Å². The minimum absolute atomic E-state index is 0.104.